The molecule has 0 heterocycles. The lowest BCUT2D eigenvalue weighted by molar-refractivity contribution is 0.368. The topological polar surface area (TPSA) is 54.3 Å². The molecule has 0 saturated carbocycles. The van der Waals surface area contributed by atoms with Gasteiger partial charge >= 0.3 is 0 Å². The lowest BCUT2D eigenvalue weighted by Crippen LogP contribution is -2.00. The number of ether oxygens (including phenoxy) is 2. The van der Waals surface area contributed by atoms with Crippen molar-refractivity contribution < 1.29 is 9.47 Å². The summed E-state index contributed by atoms with van der Waals surface area (Å²) in [5.74, 6) is 1.50. The summed E-state index contributed by atoms with van der Waals surface area (Å²) < 4.78 is 11.4. The average molecular weight is 347 g/mol. The van der Waals surface area contributed by atoms with Crippen molar-refractivity contribution in [1.29, 1.82) is 5.26 Å². The van der Waals surface area contributed by atoms with Gasteiger partial charge in [-0.1, -0.05) is 28.1 Å². The zero-order valence-electron chi connectivity index (χ0n) is 11.6. The molecule has 1 N–H and O–H groups in total. The Morgan fingerprint density at radius 3 is 2.57 bits per heavy atom. The van der Waals surface area contributed by atoms with E-state index in [0.717, 1.165) is 21.5 Å². The van der Waals surface area contributed by atoms with E-state index in [1.54, 1.807) is 7.11 Å². The second-order valence-electron chi connectivity index (χ2n) is 4.32. The van der Waals surface area contributed by atoms with Crippen LogP contribution in [-0.4, -0.2) is 13.7 Å². The zero-order chi connectivity index (χ0) is 15.1. The van der Waals surface area contributed by atoms with Gasteiger partial charge in [0.1, 0.15) is 17.6 Å². The molecule has 0 spiro atoms. The van der Waals surface area contributed by atoms with E-state index in [4.69, 9.17) is 14.7 Å². The van der Waals surface area contributed by atoms with Crippen LogP contribution in [0.25, 0.3) is 0 Å². The fourth-order valence-electron chi connectivity index (χ4n) is 1.81. The SMILES string of the molecule is COc1cc(Br)cc(NCc2ccc(OCC#N)cc2)c1. The van der Waals surface area contributed by atoms with Gasteiger partial charge in [-0.15, -0.1) is 0 Å². The van der Waals surface area contributed by atoms with E-state index in [-0.39, 0.29) is 6.61 Å². The van der Waals surface area contributed by atoms with E-state index in [9.17, 15) is 0 Å². The molecule has 2 aromatic carbocycles. The summed E-state index contributed by atoms with van der Waals surface area (Å²) in [5, 5.41) is 11.8. The van der Waals surface area contributed by atoms with Gasteiger partial charge in [-0.3, -0.25) is 0 Å². The van der Waals surface area contributed by atoms with Crippen molar-refractivity contribution in [3.8, 4) is 17.6 Å². The minimum absolute atomic E-state index is 0.0649. The Kier molecular flexibility index (Phi) is 5.47. The zero-order valence-corrected chi connectivity index (χ0v) is 13.2. The molecular weight excluding hydrogens is 332 g/mol. The summed E-state index contributed by atoms with van der Waals surface area (Å²) >= 11 is 3.45. The number of halogens is 1. The van der Waals surface area contributed by atoms with Gasteiger partial charge in [0.25, 0.3) is 0 Å². The maximum absolute atomic E-state index is 8.46. The molecule has 2 rings (SSSR count). The molecule has 0 radical (unpaired) electrons. The van der Waals surface area contributed by atoms with Crippen molar-refractivity contribution in [3.05, 3.63) is 52.5 Å². The molecule has 0 saturated heterocycles. The normalized spacial score (nSPS) is 9.76. The first-order chi connectivity index (χ1) is 10.2. The van der Waals surface area contributed by atoms with Gasteiger partial charge in [-0.05, 0) is 29.8 Å². The second-order valence-corrected chi connectivity index (χ2v) is 5.24. The molecule has 0 atom stereocenters. The number of nitriles is 1. The number of benzene rings is 2. The van der Waals surface area contributed by atoms with Crippen molar-refractivity contribution in [3.63, 3.8) is 0 Å². The van der Waals surface area contributed by atoms with E-state index >= 15 is 0 Å². The maximum atomic E-state index is 8.46. The van der Waals surface area contributed by atoms with Crippen LogP contribution < -0.4 is 14.8 Å². The van der Waals surface area contributed by atoms with E-state index in [1.165, 1.54) is 0 Å². The Hall–Kier alpha value is -2.19. The predicted octanol–water partition coefficient (Wildman–Crippen LogP) is 3.97. The Bertz CT molecular complexity index is 636. The lowest BCUT2D eigenvalue weighted by atomic mass is 10.2. The highest BCUT2D eigenvalue weighted by Crippen LogP contribution is 2.25. The van der Waals surface area contributed by atoms with Gasteiger partial charge in [-0.25, -0.2) is 0 Å². The molecule has 0 bridgehead atoms. The molecular formula is C16H15BrN2O2. The number of rotatable bonds is 6. The minimum atomic E-state index is 0.0649. The maximum Gasteiger partial charge on any atom is 0.174 e. The summed E-state index contributed by atoms with van der Waals surface area (Å²) in [7, 11) is 1.64. The van der Waals surface area contributed by atoms with Gasteiger partial charge in [0, 0.05) is 22.8 Å². The standard InChI is InChI=1S/C16H15BrN2O2/c1-20-16-9-13(17)8-14(10-16)19-11-12-2-4-15(5-3-12)21-7-6-18/h2-5,8-10,19H,7,11H2,1H3. The van der Waals surface area contributed by atoms with Gasteiger partial charge in [0.2, 0.25) is 0 Å². The number of hydrogen-bond acceptors (Lipinski definition) is 4. The molecule has 108 valence electrons. The van der Waals surface area contributed by atoms with Crippen LogP contribution in [0.5, 0.6) is 11.5 Å². The van der Waals surface area contributed by atoms with Crippen molar-refractivity contribution in [2.75, 3.05) is 19.0 Å². The van der Waals surface area contributed by atoms with Crippen molar-refractivity contribution >= 4 is 21.6 Å². The Balaban J connectivity index is 1.96. The molecule has 4 nitrogen and oxygen atoms in total. The molecule has 0 aliphatic carbocycles. The van der Waals surface area contributed by atoms with Gasteiger partial charge in [0.15, 0.2) is 6.61 Å². The van der Waals surface area contributed by atoms with Crippen LogP contribution in [0.15, 0.2) is 46.9 Å². The smallest absolute Gasteiger partial charge is 0.174 e. The monoisotopic (exact) mass is 346 g/mol. The molecule has 2 aromatic rings. The largest absolute Gasteiger partial charge is 0.497 e. The Morgan fingerprint density at radius 1 is 1.14 bits per heavy atom. The van der Waals surface area contributed by atoms with Gasteiger partial charge in [-0.2, -0.15) is 5.26 Å². The second kappa shape index (κ2) is 7.55. The molecule has 0 aliphatic rings. The van der Waals surface area contributed by atoms with E-state index in [0.29, 0.717) is 12.3 Å². The summed E-state index contributed by atoms with van der Waals surface area (Å²) in [6, 6.07) is 15.4. The number of hydrogen-bond donors (Lipinski definition) is 1. The molecule has 0 amide bonds. The van der Waals surface area contributed by atoms with Crippen molar-refractivity contribution in [2.24, 2.45) is 0 Å². The summed E-state index contributed by atoms with van der Waals surface area (Å²) in [4.78, 5) is 0. The van der Waals surface area contributed by atoms with Crippen LogP contribution in [0.3, 0.4) is 0 Å². The predicted molar refractivity (Wildman–Crippen MR) is 85.6 cm³/mol. The number of nitrogens with zero attached hydrogens (tertiary/aromatic N) is 1. The van der Waals surface area contributed by atoms with E-state index < -0.39 is 0 Å². The minimum Gasteiger partial charge on any atom is -0.497 e. The third-order valence-electron chi connectivity index (χ3n) is 2.83. The quantitative estimate of drug-likeness (QED) is 0.859. The van der Waals surface area contributed by atoms with Crippen LogP contribution in [-0.2, 0) is 6.54 Å². The fourth-order valence-corrected chi connectivity index (χ4v) is 2.28. The third kappa shape index (κ3) is 4.69. The molecule has 0 unspecified atom stereocenters. The highest BCUT2D eigenvalue weighted by molar-refractivity contribution is 9.10. The Morgan fingerprint density at radius 2 is 1.90 bits per heavy atom. The molecule has 5 heteroatoms. The molecule has 0 aromatic heterocycles. The summed E-state index contributed by atoms with van der Waals surface area (Å²) in [6.07, 6.45) is 0. The van der Waals surface area contributed by atoms with E-state index in [1.807, 2.05) is 48.5 Å². The first kappa shape index (κ1) is 15.2. The highest BCUT2D eigenvalue weighted by Gasteiger charge is 2.00. The first-order valence-electron chi connectivity index (χ1n) is 6.38. The van der Waals surface area contributed by atoms with Gasteiger partial charge < -0.3 is 14.8 Å². The lowest BCUT2D eigenvalue weighted by Gasteiger charge is -2.10. The molecule has 0 fully saturated rings. The summed E-state index contributed by atoms with van der Waals surface area (Å²) in [5.41, 5.74) is 2.10. The van der Waals surface area contributed by atoms with Crippen molar-refractivity contribution in [1.82, 2.24) is 0 Å². The highest BCUT2D eigenvalue weighted by atomic mass is 79.9. The van der Waals surface area contributed by atoms with Crippen LogP contribution in [0.4, 0.5) is 5.69 Å². The van der Waals surface area contributed by atoms with Crippen LogP contribution in [0.2, 0.25) is 0 Å². The number of methoxy groups -OCH3 is 1. The Labute approximate surface area is 132 Å². The van der Waals surface area contributed by atoms with E-state index in [2.05, 4.69) is 21.2 Å². The number of nitrogens with one attached hydrogen (secondary N) is 1. The summed E-state index contributed by atoms with van der Waals surface area (Å²) in [6.45, 7) is 0.758. The van der Waals surface area contributed by atoms with Crippen LogP contribution in [0.1, 0.15) is 5.56 Å². The van der Waals surface area contributed by atoms with Crippen LogP contribution in [0, 0.1) is 11.3 Å². The van der Waals surface area contributed by atoms with Crippen LogP contribution >= 0.6 is 15.9 Å². The molecule has 21 heavy (non-hydrogen) atoms. The van der Waals surface area contributed by atoms with Gasteiger partial charge in [0.05, 0.1) is 7.11 Å². The molecule has 0 aliphatic heterocycles. The third-order valence-corrected chi connectivity index (χ3v) is 3.29. The average Bonchev–Trinajstić information content (AvgIpc) is 2.51. The first-order valence-corrected chi connectivity index (χ1v) is 7.17. The van der Waals surface area contributed by atoms with Crippen molar-refractivity contribution in [2.45, 2.75) is 6.54 Å². The number of anilines is 1. The fraction of sp³-hybridized carbons (Fsp3) is 0.188.